The maximum absolute atomic E-state index is 12.7. The molecule has 0 fully saturated rings. The van der Waals surface area contributed by atoms with Gasteiger partial charge in [-0.2, -0.15) is 4.68 Å². The Morgan fingerprint density at radius 3 is 2.80 bits per heavy atom. The van der Waals surface area contributed by atoms with Gasteiger partial charge in [-0.1, -0.05) is 37.3 Å². The van der Waals surface area contributed by atoms with Crippen molar-refractivity contribution in [3.8, 4) is 5.69 Å². The number of anilines is 1. The van der Waals surface area contributed by atoms with Crippen LogP contribution in [0.25, 0.3) is 15.8 Å². The zero-order valence-electron chi connectivity index (χ0n) is 13.5. The third-order valence-corrected chi connectivity index (χ3v) is 4.99. The van der Waals surface area contributed by atoms with Crippen LogP contribution in [-0.2, 0) is 6.42 Å². The summed E-state index contributed by atoms with van der Waals surface area (Å²) >= 11 is 1.48. The number of aryl methyl sites for hydroxylation is 1. The summed E-state index contributed by atoms with van der Waals surface area (Å²) in [5, 5.41) is 15.8. The molecule has 0 unspecified atom stereocenters. The van der Waals surface area contributed by atoms with Gasteiger partial charge in [0.05, 0.1) is 16.3 Å². The minimum Gasteiger partial charge on any atom is -0.319 e. The molecule has 0 radical (unpaired) electrons. The van der Waals surface area contributed by atoms with Gasteiger partial charge in [0.2, 0.25) is 0 Å². The van der Waals surface area contributed by atoms with E-state index in [-0.39, 0.29) is 5.91 Å². The highest BCUT2D eigenvalue weighted by molar-refractivity contribution is 7.20. The van der Waals surface area contributed by atoms with Crippen molar-refractivity contribution in [1.29, 1.82) is 0 Å². The molecule has 0 aliphatic rings. The van der Waals surface area contributed by atoms with Crippen LogP contribution in [0.3, 0.4) is 0 Å². The summed E-state index contributed by atoms with van der Waals surface area (Å²) in [4.78, 5) is 13.4. The molecule has 4 aromatic rings. The van der Waals surface area contributed by atoms with Crippen molar-refractivity contribution in [2.24, 2.45) is 0 Å². The van der Waals surface area contributed by atoms with E-state index in [1.165, 1.54) is 11.3 Å². The quantitative estimate of drug-likeness (QED) is 0.610. The topological polar surface area (TPSA) is 72.7 Å². The molecule has 1 N–H and O–H groups in total. The van der Waals surface area contributed by atoms with Gasteiger partial charge in [-0.3, -0.25) is 4.79 Å². The Morgan fingerprint density at radius 2 is 1.96 bits per heavy atom. The van der Waals surface area contributed by atoms with E-state index in [4.69, 9.17) is 0 Å². The molecule has 6 nitrogen and oxygen atoms in total. The minimum atomic E-state index is -0.139. The van der Waals surface area contributed by atoms with Crippen LogP contribution < -0.4 is 5.32 Å². The van der Waals surface area contributed by atoms with Crippen molar-refractivity contribution in [2.45, 2.75) is 13.3 Å². The average molecular weight is 349 g/mol. The fourth-order valence-corrected chi connectivity index (χ4v) is 3.61. The molecule has 0 bridgehead atoms. The molecule has 2 heterocycles. The largest absolute Gasteiger partial charge is 0.319 e. The number of nitrogens with zero attached hydrogens (tertiary/aromatic N) is 4. The monoisotopic (exact) mass is 349 g/mol. The Bertz CT molecular complexity index is 1020. The smallest absolute Gasteiger partial charge is 0.265 e. The zero-order chi connectivity index (χ0) is 17.2. The van der Waals surface area contributed by atoms with Crippen LogP contribution in [0.15, 0.2) is 54.6 Å². The number of hydrogen-bond donors (Lipinski definition) is 1. The van der Waals surface area contributed by atoms with Crippen LogP contribution >= 0.6 is 11.3 Å². The van der Waals surface area contributed by atoms with Gasteiger partial charge in [0, 0.05) is 11.1 Å². The lowest BCUT2D eigenvalue weighted by atomic mass is 10.2. The molecule has 7 heteroatoms. The number of para-hydroxylation sites is 2. The number of amides is 1. The molecular weight excluding hydrogens is 334 g/mol. The van der Waals surface area contributed by atoms with Crippen molar-refractivity contribution >= 4 is 33.0 Å². The Kier molecular flexibility index (Phi) is 3.99. The SMILES string of the molecule is CCc1nnnn1-c1ccccc1NC(=O)c1cc2ccccc2s1. The normalized spacial score (nSPS) is 10.9. The summed E-state index contributed by atoms with van der Waals surface area (Å²) < 4.78 is 2.75. The molecule has 4 rings (SSSR count). The molecule has 1 amide bonds. The predicted octanol–water partition coefficient (Wildman–Crippen LogP) is 3.69. The molecule has 0 spiro atoms. The number of nitrogens with one attached hydrogen (secondary N) is 1. The van der Waals surface area contributed by atoms with E-state index in [2.05, 4.69) is 20.8 Å². The first-order valence-corrected chi connectivity index (χ1v) is 8.74. The first-order chi connectivity index (χ1) is 12.3. The minimum absolute atomic E-state index is 0.139. The molecule has 0 saturated heterocycles. The van der Waals surface area contributed by atoms with Crippen molar-refractivity contribution in [1.82, 2.24) is 20.2 Å². The summed E-state index contributed by atoms with van der Waals surface area (Å²) in [5.41, 5.74) is 1.42. The van der Waals surface area contributed by atoms with E-state index in [0.29, 0.717) is 17.0 Å². The van der Waals surface area contributed by atoms with Gasteiger partial charge in [0.1, 0.15) is 0 Å². The lowest BCUT2D eigenvalue weighted by Gasteiger charge is -2.10. The van der Waals surface area contributed by atoms with Gasteiger partial charge >= 0.3 is 0 Å². The molecule has 0 atom stereocenters. The molecule has 0 aliphatic carbocycles. The van der Waals surface area contributed by atoms with Crippen LogP contribution in [0.2, 0.25) is 0 Å². The number of benzene rings is 2. The fourth-order valence-electron chi connectivity index (χ4n) is 2.66. The van der Waals surface area contributed by atoms with E-state index < -0.39 is 0 Å². The predicted molar refractivity (Wildman–Crippen MR) is 98.3 cm³/mol. The van der Waals surface area contributed by atoms with E-state index >= 15 is 0 Å². The standard InChI is InChI=1S/C18H15N5OS/c1-2-17-20-21-22-23(17)14-9-5-4-8-13(14)19-18(24)16-11-12-7-3-6-10-15(12)25-16/h3-11H,2H2,1H3,(H,19,24). The number of tetrazole rings is 1. The second-order valence-corrected chi connectivity index (χ2v) is 6.56. The molecule has 2 aromatic carbocycles. The first-order valence-electron chi connectivity index (χ1n) is 7.93. The van der Waals surface area contributed by atoms with Gasteiger partial charge in [-0.25, -0.2) is 0 Å². The Hall–Kier alpha value is -3.06. The van der Waals surface area contributed by atoms with Gasteiger partial charge < -0.3 is 5.32 Å². The van der Waals surface area contributed by atoms with Crippen molar-refractivity contribution in [3.05, 3.63) is 65.3 Å². The highest BCUT2D eigenvalue weighted by Crippen LogP contribution is 2.27. The number of carbonyl (C=O) groups excluding carboxylic acids is 1. The third kappa shape index (κ3) is 2.89. The van der Waals surface area contributed by atoms with Crippen LogP contribution in [-0.4, -0.2) is 26.1 Å². The molecule has 0 aliphatic heterocycles. The van der Waals surface area contributed by atoms with Gasteiger partial charge in [-0.05, 0) is 40.1 Å². The number of aromatic nitrogens is 4. The number of carbonyl (C=O) groups is 1. The summed E-state index contributed by atoms with van der Waals surface area (Å²) in [7, 11) is 0. The highest BCUT2D eigenvalue weighted by Gasteiger charge is 2.15. The number of hydrogen-bond acceptors (Lipinski definition) is 5. The lowest BCUT2D eigenvalue weighted by molar-refractivity contribution is 0.103. The first kappa shape index (κ1) is 15.5. The number of thiophene rings is 1. The van der Waals surface area contributed by atoms with Gasteiger partial charge in [0.25, 0.3) is 5.91 Å². The average Bonchev–Trinajstić information content (AvgIpc) is 3.28. The molecule has 0 saturated carbocycles. The Labute approximate surface area is 148 Å². The fraction of sp³-hybridized carbons (Fsp3) is 0.111. The van der Waals surface area contributed by atoms with Crippen molar-refractivity contribution in [2.75, 3.05) is 5.32 Å². The second kappa shape index (κ2) is 6.45. The highest BCUT2D eigenvalue weighted by atomic mass is 32.1. The molecule has 124 valence electrons. The van der Waals surface area contributed by atoms with Gasteiger partial charge in [-0.15, -0.1) is 16.4 Å². The van der Waals surface area contributed by atoms with Crippen molar-refractivity contribution in [3.63, 3.8) is 0 Å². The van der Waals surface area contributed by atoms with E-state index in [9.17, 15) is 4.79 Å². The molecule has 2 aromatic heterocycles. The summed E-state index contributed by atoms with van der Waals surface area (Å²) in [5.74, 6) is 0.600. The van der Waals surface area contributed by atoms with Crippen LogP contribution in [0.1, 0.15) is 22.4 Å². The molecule has 25 heavy (non-hydrogen) atoms. The van der Waals surface area contributed by atoms with E-state index in [1.807, 2.05) is 61.5 Å². The van der Waals surface area contributed by atoms with E-state index in [0.717, 1.165) is 21.6 Å². The lowest BCUT2D eigenvalue weighted by Crippen LogP contribution is -2.13. The van der Waals surface area contributed by atoms with Crippen LogP contribution in [0, 0.1) is 0 Å². The van der Waals surface area contributed by atoms with Crippen LogP contribution in [0.4, 0.5) is 5.69 Å². The van der Waals surface area contributed by atoms with Gasteiger partial charge in [0.15, 0.2) is 5.82 Å². The number of fused-ring (bicyclic) bond motifs is 1. The number of rotatable bonds is 4. The maximum Gasteiger partial charge on any atom is 0.265 e. The molecular formula is C18H15N5OS. The summed E-state index contributed by atoms with van der Waals surface area (Å²) in [6, 6.07) is 17.4. The Balaban J connectivity index is 1.68. The van der Waals surface area contributed by atoms with Crippen molar-refractivity contribution < 1.29 is 4.79 Å². The third-order valence-electron chi connectivity index (χ3n) is 3.88. The zero-order valence-corrected chi connectivity index (χ0v) is 14.3. The second-order valence-electron chi connectivity index (χ2n) is 5.48. The summed E-state index contributed by atoms with van der Waals surface area (Å²) in [6.07, 6.45) is 0.700. The van der Waals surface area contributed by atoms with Crippen LogP contribution in [0.5, 0.6) is 0 Å². The summed E-state index contributed by atoms with van der Waals surface area (Å²) in [6.45, 7) is 1.99. The Morgan fingerprint density at radius 1 is 1.16 bits per heavy atom. The van der Waals surface area contributed by atoms with E-state index in [1.54, 1.807) is 4.68 Å². The maximum atomic E-state index is 12.7.